The zero-order valence-corrected chi connectivity index (χ0v) is 22.8. The third-order valence-electron chi connectivity index (χ3n) is 7.14. The minimum Gasteiger partial charge on any atom is -0.491 e. The number of hydrogen-bond donors (Lipinski definition) is 0. The van der Waals surface area contributed by atoms with Crippen molar-refractivity contribution in [2.24, 2.45) is 0 Å². The third kappa shape index (κ3) is 6.57. The molecule has 8 heteroatoms. The summed E-state index contributed by atoms with van der Waals surface area (Å²) in [5.74, 6) is 1.23. The number of amides is 2. The van der Waals surface area contributed by atoms with Crippen LogP contribution in [-0.2, 0) is 20.7 Å². The molecule has 0 aromatic heterocycles. The van der Waals surface area contributed by atoms with E-state index in [1.54, 1.807) is 17.0 Å². The van der Waals surface area contributed by atoms with Crippen molar-refractivity contribution in [1.29, 1.82) is 0 Å². The van der Waals surface area contributed by atoms with Crippen LogP contribution in [0.4, 0.5) is 0 Å². The smallest absolute Gasteiger partial charge is 0.260 e. The van der Waals surface area contributed by atoms with E-state index in [1.165, 1.54) is 5.56 Å². The molecule has 1 spiro atoms. The average Bonchev–Trinajstić information content (AvgIpc) is 2.89. The number of aryl methyl sites for hydroxylation is 2. The molecule has 1 saturated heterocycles. The monoisotopic (exact) mass is 528 g/mol. The zero-order chi connectivity index (χ0) is 26.4. The second kappa shape index (κ2) is 12.2. The first kappa shape index (κ1) is 27.3. The number of halogens is 1. The maximum Gasteiger partial charge on any atom is 0.260 e. The first-order valence-corrected chi connectivity index (χ1v) is 13.5. The van der Waals surface area contributed by atoms with Gasteiger partial charge in [-0.05, 0) is 81.8 Å². The molecule has 1 atom stereocenters. The van der Waals surface area contributed by atoms with Gasteiger partial charge in [-0.15, -0.1) is 0 Å². The Hall–Kier alpha value is -2.77. The fourth-order valence-electron chi connectivity index (χ4n) is 5.02. The van der Waals surface area contributed by atoms with Gasteiger partial charge < -0.3 is 24.0 Å². The Kier molecular flexibility index (Phi) is 8.98. The number of carbonyl (C=O) groups is 2. The van der Waals surface area contributed by atoms with E-state index in [2.05, 4.69) is 6.07 Å². The molecule has 0 saturated carbocycles. The number of hydrogen-bond acceptors (Lipinski definition) is 5. The summed E-state index contributed by atoms with van der Waals surface area (Å²) in [5, 5.41) is 0.651. The van der Waals surface area contributed by atoms with Crippen LogP contribution in [0.2, 0.25) is 5.02 Å². The van der Waals surface area contributed by atoms with Crippen LogP contribution in [0, 0.1) is 6.92 Å². The quantitative estimate of drug-likeness (QED) is 0.577. The molecule has 2 aromatic carbocycles. The highest BCUT2D eigenvalue weighted by atomic mass is 35.5. The van der Waals surface area contributed by atoms with Crippen molar-refractivity contribution in [3.05, 3.63) is 58.6 Å². The number of rotatable bonds is 4. The van der Waals surface area contributed by atoms with Crippen LogP contribution in [-0.4, -0.2) is 72.7 Å². The van der Waals surface area contributed by atoms with Gasteiger partial charge in [0, 0.05) is 17.6 Å². The van der Waals surface area contributed by atoms with E-state index >= 15 is 0 Å². The molecule has 0 radical (unpaired) electrons. The van der Waals surface area contributed by atoms with Crippen molar-refractivity contribution >= 4 is 23.4 Å². The van der Waals surface area contributed by atoms with E-state index in [0.717, 1.165) is 30.6 Å². The predicted molar refractivity (Wildman–Crippen MR) is 143 cm³/mol. The van der Waals surface area contributed by atoms with Crippen LogP contribution in [0.1, 0.15) is 44.2 Å². The van der Waals surface area contributed by atoms with Crippen molar-refractivity contribution in [3.8, 4) is 11.5 Å². The van der Waals surface area contributed by atoms with Crippen molar-refractivity contribution in [2.45, 2.75) is 58.1 Å². The highest BCUT2D eigenvalue weighted by Gasteiger charge is 2.47. The molecule has 2 amide bonds. The molecule has 200 valence electrons. The SMILES string of the molecule is Cc1cc(OCC(=O)N2CCOC3(CCCCc4ccccc4OCCN(C(C)C)C3=O)C2)ccc1Cl. The number of para-hydroxylation sites is 1. The van der Waals surface area contributed by atoms with Gasteiger partial charge in [0.25, 0.3) is 11.8 Å². The molecule has 4 rings (SSSR count). The predicted octanol–water partition coefficient (Wildman–Crippen LogP) is 4.67. The Labute approximate surface area is 224 Å². The molecule has 0 N–H and O–H groups in total. The minimum absolute atomic E-state index is 0.0303. The largest absolute Gasteiger partial charge is 0.491 e. The van der Waals surface area contributed by atoms with Crippen LogP contribution in [0.15, 0.2) is 42.5 Å². The number of carbonyl (C=O) groups excluding carboxylic acids is 2. The summed E-state index contributed by atoms with van der Waals surface area (Å²) in [7, 11) is 0. The number of nitrogens with zero attached hydrogens (tertiary/aromatic N) is 2. The molecular weight excluding hydrogens is 492 g/mol. The lowest BCUT2D eigenvalue weighted by molar-refractivity contribution is -0.178. The van der Waals surface area contributed by atoms with Crippen LogP contribution in [0.5, 0.6) is 11.5 Å². The van der Waals surface area contributed by atoms with Crippen LogP contribution in [0.25, 0.3) is 0 Å². The van der Waals surface area contributed by atoms with Gasteiger partial charge >= 0.3 is 0 Å². The lowest BCUT2D eigenvalue weighted by Gasteiger charge is -2.45. The second-order valence-corrected chi connectivity index (χ2v) is 10.5. The molecule has 37 heavy (non-hydrogen) atoms. The Balaban J connectivity index is 1.49. The number of morpholine rings is 1. The third-order valence-corrected chi connectivity index (χ3v) is 7.57. The lowest BCUT2D eigenvalue weighted by Crippen LogP contribution is -2.63. The van der Waals surface area contributed by atoms with Crippen molar-refractivity contribution in [2.75, 3.05) is 39.5 Å². The minimum atomic E-state index is -1.08. The first-order chi connectivity index (χ1) is 17.8. The van der Waals surface area contributed by atoms with Crippen LogP contribution < -0.4 is 9.47 Å². The topological polar surface area (TPSA) is 68.3 Å². The highest BCUT2D eigenvalue weighted by molar-refractivity contribution is 6.31. The zero-order valence-electron chi connectivity index (χ0n) is 22.0. The van der Waals surface area contributed by atoms with Gasteiger partial charge in [-0.2, -0.15) is 0 Å². The summed E-state index contributed by atoms with van der Waals surface area (Å²) in [6, 6.07) is 13.4. The molecule has 2 heterocycles. The molecule has 2 aliphatic rings. The summed E-state index contributed by atoms with van der Waals surface area (Å²) in [6.45, 7) is 7.58. The number of ether oxygens (including phenoxy) is 3. The number of benzene rings is 2. The van der Waals surface area contributed by atoms with Crippen molar-refractivity contribution in [3.63, 3.8) is 0 Å². The van der Waals surface area contributed by atoms with Gasteiger partial charge in [-0.3, -0.25) is 9.59 Å². The van der Waals surface area contributed by atoms with Gasteiger partial charge in [-0.25, -0.2) is 0 Å². The van der Waals surface area contributed by atoms with Crippen molar-refractivity contribution < 1.29 is 23.8 Å². The number of fused-ring (bicyclic) bond motifs is 1. The molecule has 2 aliphatic heterocycles. The molecule has 1 unspecified atom stereocenters. The Morgan fingerprint density at radius 3 is 2.73 bits per heavy atom. The van der Waals surface area contributed by atoms with Crippen LogP contribution >= 0.6 is 11.6 Å². The second-order valence-electron chi connectivity index (χ2n) is 10.1. The summed E-state index contributed by atoms with van der Waals surface area (Å²) in [4.78, 5) is 30.7. The van der Waals surface area contributed by atoms with Crippen molar-refractivity contribution in [1.82, 2.24) is 9.80 Å². The Morgan fingerprint density at radius 2 is 1.95 bits per heavy atom. The Bertz CT molecular complexity index is 1110. The average molecular weight is 529 g/mol. The van der Waals surface area contributed by atoms with E-state index in [4.69, 9.17) is 25.8 Å². The van der Waals surface area contributed by atoms with Gasteiger partial charge in [-0.1, -0.05) is 29.8 Å². The molecule has 0 bridgehead atoms. The normalized spacial score (nSPS) is 21.2. The van der Waals surface area contributed by atoms with E-state index in [9.17, 15) is 9.59 Å². The van der Waals surface area contributed by atoms with Gasteiger partial charge in [0.15, 0.2) is 12.2 Å². The fraction of sp³-hybridized carbons (Fsp3) is 0.517. The molecule has 7 nitrogen and oxygen atoms in total. The van der Waals surface area contributed by atoms with Gasteiger partial charge in [0.2, 0.25) is 0 Å². The summed E-state index contributed by atoms with van der Waals surface area (Å²) < 4.78 is 18.1. The van der Waals surface area contributed by atoms with E-state index < -0.39 is 5.60 Å². The van der Waals surface area contributed by atoms with Crippen LogP contribution in [0.3, 0.4) is 0 Å². The van der Waals surface area contributed by atoms with E-state index in [-0.39, 0.29) is 31.0 Å². The maximum atomic E-state index is 14.0. The molecule has 1 fully saturated rings. The first-order valence-electron chi connectivity index (χ1n) is 13.1. The maximum absolute atomic E-state index is 14.0. The summed E-state index contributed by atoms with van der Waals surface area (Å²) in [6.07, 6.45) is 3.12. The van der Waals surface area contributed by atoms with E-state index in [1.807, 2.05) is 49.9 Å². The fourth-order valence-corrected chi connectivity index (χ4v) is 5.13. The molecule has 2 aromatic rings. The van der Waals surface area contributed by atoms with Gasteiger partial charge in [0.1, 0.15) is 18.1 Å². The molecule has 0 aliphatic carbocycles. The lowest BCUT2D eigenvalue weighted by atomic mass is 9.90. The summed E-state index contributed by atoms with van der Waals surface area (Å²) in [5.41, 5.74) is 0.986. The molecular formula is C29H37ClN2O5. The van der Waals surface area contributed by atoms with Gasteiger partial charge in [0.05, 0.1) is 19.7 Å². The highest BCUT2D eigenvalue weighted by Crippen LogP contribution is 2.30. The summed E-state index contributed by atoms with van der Waals surface area (Å²) >= 11 is 6.10. The standard InChI is InChI=1S/C29H37ClN2O5/c1-21(2)32-15-16-35-26-10-5-4-8-23(26)9-6-7-13-29(28(32)34)20-31(14-17-37-29)27(33)19-36-24-11-12-25(30)22(3)18-24/h4-5,8,10-12,18,21H,6-7,9,13-17,19-20H2,1-3H3. The van der Waals surface area contributed by atoms with E-state index in [0.29, 0.717) is 43.5 Å². The Morgan fingerprint density at radius 1 is 1.14 bits per heavy atom.